The second-order valence-electron chi connectivity index (χ2n) is 2.65. The van der Waals surface area contributed by atoms with Crippen LogP contribution in [-0.2, 0) is 4.79 Å². The van der Waals surface area contributed by atoms with Gasteiger partial charge in [0.2, 0.25) is 0 Å². The van der Waals surface area contributed by atoms with Crippen molar-refractivity contribution in [3.8, 4) is 0 Å². The molecule has 0 unspecified atom stereocenters. The van der Waals surface area contributed by atoms with Crippen LogP contribution in [0, 0.1) is 0 Å². The maximum atomic E-state index is 10.7. The Morgan fingerprint density at radius 2 is 2.42 bits per heavy atom. The van der Waals surface area contributed by atoms with Gasteiger partial charge in [-0.1, -0.05) is 0 Å². The zero-order valence-corrected chi connectivity index (χ0v) is 7.00. The maximum absolute atomic E-state index is 10.7. The molecular weight excluding hydrogens is 151 g/mol. The van der Waals surface area contributed by atoms with Crippen molar-refractivity contribution in [1.29, 1.82) is 0 Å². The predicted octanol–water partition coefficient (Wildman–Crippen LogP) is -0.213. The number of nitrogens with two attached hydrogens (primary N) is 1. The molecule has 1 amide bonds. The van der Waals surface area contributed by atoms with E-state index in [0.29, 0.717) is 5.70 Å². The molecule has 0 aromatic rings. The Bertz CT molecular complexity index is 279. The van der Waals surface area contributed by atoms with Crippen molar-refractivity contribution in [2.24, 2.45) is 5.73 Å². The number of hydrogen-bond donors (Lipinski definition) is 2. The molecule has 0 aliphatic carbocycles. The van der Waals surface area contributed by atoms with E-state index >= 15 is 0 Å². The zero-order valence-electron chi connectivity index (χ0n) is 7.00. The molecule has 1 heterocycles. The van der Waals surface area contributed by atoms with Gasteiger partial charge in [0.1, 0.15) is 0 Å². The molecule has 0 fully saturated rings. The van der Waals surface area contributed by atoms with Gasteiger partial charge >= 0.3 is 71.4 Å². The summed E-state index contributed by atoms with van der Waals surface area (Å²) in [4.78, 5) is 10.7. The number of carbonyl (C=O) groups excluding carboxylic acids is 1. The van der Waals surface area contributed by atoms with E-state index in [9.17, 15) is 4.79 Å². The first-order chi connectivity index (χ1) is 5.68. The molecule has 0 spiro atoms. The van der Waals surface area contributed by atoms with Crippen LogP contribution in [0.2, 0.25) is 6.32 Å². The summed E-state index contributed by atoms with van der Waals surface area (Å²) in [5, 5.41) is 2.71. The van der Waals surface area contributed by atoms with E-state index in [1.807, 2.05) is 19.0 Å². The Morgan fingerprint density at radius 1 is 1.67 bits per heavy atom. The molecule has 1 rings (SSSR count). The predicted molar refractivity (Wildman–Crippen MR) is 50.8 cm³/mol. The summed E-state index contributed by atoms with van der Waals surface area (Å²) < 4.78 is 0. The fourth-order valence-electron chi connectivity index (χ4n) is 0.961. The van der Waals surface area contributed by atoms with Crippen molar-refractivity contribution in [1.82, 2.24) is 5.32 Å². The average Bonchev–Trinajstić information content (AvgIpc) is 2.15. The summed E-state index contributed by atoms with van der Waals surface area (Å²) in [6, 6.07) is 0. The molecule has 0 radical (unpaired) electrons. The van der Waals surface area contributed by atoms with Crippen molar-refractivity contribution >= 4 is 18.8 Å². The second kappa shape index (κ2) is 3.90. The Hall–Kier alpha value is -1.32. The van der Waals surface area contributed by atoms with Crippen LogP contribution in [0.25, 0.3) is 0 Å². The fraction of sp³-hybridized carbons (Fsp3) is 0.250. The van der Waals surface area contributed by atoms with Gasteiger partial charge in [-0.25, -0.2) is 0 Å². The molecule has 3 N–H and O–H groups in total. The molecule has 0 aromatic carbocycles. The van der Waals surface area contributed by atoms with Gasteiger partial charge in [-0.15, -0.1) is 0 Å². The zero-order chi connectivity index (χ0) is 8.97. The Labute approximate surface area is 72.2 Å². The van der Waals surface area contributed by atoms with Crippen LogP contribution in [0.4, 0.5) is 0 Å². The molecule has 62 valence electrons. The van der Waals surface area contributed by atoms with Crippen molar-refractivity contribution < 1.29 is 4.79 Å². The van der Waals surface area contributed by atoms with Gasteiger partial charge in [0.15, 0.2) is 0 Å². The Kier molecular flexibility index (Phi) is 2.85. The van der Waals surface area contributed by atoms with E-state index in [1.54, 1.807) is 6.08 Å². The van der Waals surface area contributed by atoms with E-state index in [-0.39, 0.29) is 5.91 Å². The fourth-order valence-corrected chi connectivity index (χ4v) is 0.961. The first kappa shape index (κ1) is 8.78. The van der Waals surface area contributed by atoms with E-state index in [4.69, 9.17) is 5.73 Å². The molecule has 0 atom stereocenters. The Balaban J connectivity index is 2.68. The monoisotopic (exact) mass is 162 g/mol. The Morgan fingerprint density at radius 3 is 3.08 bits per heavy atom. The minimum absolute atomic E-state index is 0.0523. The van der Waals surface area contributed by atoms with Crippen molar-refractivity contribution in [3.05, 3.63) is 23.5 Å². The summed E-state index contributed by atoms with van der Waals surface area (Å²) in [5.74, 6) is 1.77. The third-order valence-corrected chi connectivity index (χ3v) is 1.46. The molecule has 0 aromatic heterocycles. The van der Waals surface area contributed by atoms with Gasteiger partial charge in [0.25, 0.3) is 0 Å². The quantitative estimate of drug-likeness (QED) is 0.524. The number of allylic oxidation sites excluding steroid dienone is 4. The van der Waals surface area contributed by atoms with Crippen LogP contribution in [-0.4, -0.2) is 18.8 Å². The molecule has 4 heteroatoms. The molecule has 1 aliphatic rings. The number of amides is 1. The summed E-state index contributed by atoms with van der Waals surface area (Å²) in [6.07, 6.45) is 4.31. The number of hydrogen-bond acceptors (Lipinski definition) is 2. The standard InChI is InChI=1S/C8H11BN2O/c1-6(12)11-8-3-2-7(10)4-9-5-8/h2-4H,5,10H2,1H3,(H,11,12). The molecular formula is C8H11BN2O. The molecule has 1 aliphatic heterocycles. The number of rotatable bonds is 1. The first-order valence-electron chi connectivity index (χ1n) is 3.79. The average molecular weight is 162 g/mol. The van der Waals surface area contributed by atoms with Gasteiger partial charge in [0, 0.05) is 0 Å². The topological polar surface area (TPSA) is 55.1 Å². The van der Waals surface area contributed by atoms with Crippen molar-refractivity contribution in [2.45, 2.75) is 13.2 Å². The van der Waals surface area contributed by atoms with E-state index < -0.39 is 0 Å². The third kappa shape index (κ3) is 2.74. The van der Waals surface area contributed by atoms with Crippen molar-refractivity contribution in [3.63, 3.8) is 0 Å². The van der Waals surface area contributed by atoms with Crippen LogP contribution in [0.5, 0.6) is 0 Å². The van der Waals surface area contributed by atoms with Gasteiger partial charge in [-0.3, -0.25) is 0 Å². The molecule has 0 bridgehead atoms. The number of nitrogens with one attached hydrogen (secondary N) is 1. The molecule has 0 saturated carbocycles. The number of carbonyl (C=O) groups is 1. The minimum atomic E-state index is -0.0523. The van der Waals surface area contributed by atoms with Gasteiger partial charge in [-0.2, -0.15) is 0 Å². The van der Waals surface area contributed by atoms with Crippen molar-refractivity contribution in [2.75, 3.05) is 0 Å². The van der Waals surface area contributed by atoms with E-state index in [0.717, 1.165) is 12.0 Å². The third-order valence-electron chi connectivity index (χ3n) is 1.46. The van der Waals surface area contributed by atoms with Gasteiger partial charge < -0.3 is 0 Å². The molecule has 0 saturated heterocycles. The SMILES string of the molecule is CC(=O)NC1=CC=C(N)C=BC1. The second-order valence-corrected chi connectivity index (χ2v) is 2.65. The van der Waals surface area contributed by atoms with E-state index in [2.05, 4.69) is 5.32 Å². The summed E-state index contributed by atoms with van der Waals surface area (Å²) in [5.41, 5.74) is 7.12. The summed E-state index contributed by atoms with van der Waals surface area (Å²) in [7, 11) is 0. The first-order valence-corrected chi connectivity index (χ1v) is 3.79. The molecule has 3 nitrogen and oxygen atoms in total. The van der Waals surface area contributed by atoms with Gasteiger partial charge in [-0.05, 0) is 0 Å². The van der Waals surface area contributed by atoms with Crippen LogP contribution in [0.3, 0.4) is 0 Å². The van der Waals surface area contributed by atoms with E-state index in [1.165, 1.54) is 6.92 Å². The van der Waals surface area contributed by atoms with Crippen LogP contribution in [0.1, 0.15) is 6.92 Å². The van der Waals surface area contributed by atoms with Crippen LogP contribution in [0.15, 0.2) is 23.5 Å². The van der Waals surface area contributed by atoms with Crippen LogP contribution >= 0.6 is 0 Å². The summed E-state index contributed by atoms with van der Waals surface area (Å²) >= 11 is 0. The van der Waals surface area contributed by atoms with Gasteiger partial charge in [0.05, 0.1) is 0 Å². The molecule has 12 heavy (non-hydrogen) atoms. The summed E-state index contributed by atoms with van der Waals surface area (Å²) in [6.45, 7) is 3.41. The normalized spacial score (nSPS) is 15.4. The van der Waals surface area contributed by atoms with Crippen LogP contribution < -0.4 is 11.1 Å².